The quantitative estimate of drug-likeness (QED) is 0.316. The number of phenols is 1. The summed E-state index contributed by atoms with van der Waals surface area (Å²) in [6, 6.07) is 6.96. The summed E-state index contributed by atoms with van der Waals surface area (Å²) in [5.74, 6) is 5.56. The number of hydrogen-bond acceptors (Lipinski definition) is 6. The Morgan fingerprint density at radius 3 is 2.84 bits per heavy atom. The highest BCUT2D eigenvalue weighted by Crippen LogP contribution is 2.20. The van der Waals surface area contributed by atoms with Gasteiger partial charge in [-0.05, 0) is 24.3 Å². The summed E-state index contributed by atoms with van der Waals surface area (Å²) in [6.45, 7) is 0.621. The van der Waals surface area contributed by atoms with E-state index in [1.165, 1.54) is 0 Å². The molecule has 0 aliphatic rings. The summed E-state index contributed by atoms with van der Waals surface area (Å²) in [5, 5.41) is 16.7. The zero-order valence-corrected chi connectivity index (χ0v) is 10.8. The van der Waals surface area contributed by atoms with Crippen molar-refractivity contribution >= 4 is 17.7 Å². The highest BCUT2D eigenvalue weighted by atomic mass is 32.2. The van der Waals surface area contributed by atoms with Crippen molar-refractivity contribution in [3.8, 4) is 5.75 Å². The first-order chi connectivity index (χ1) is 9.19. The van der Waals surface area contributed by atoms with Crippen molar-refractivity contribution in [3.63, 3.8) is 0 Å². The van der Waals surface area contributed by atoms with E-state index in [-0.39, 0.29) is 11.4 Å². The Kier molecular flexibility index (Phi) is 4.37. The van der Waals surface area contributed by atoms with Crippen molar-refractivity contribution in [2.75, 3.05) is 5.75 Å². The molecule has 0 aliphatic carbocycles. The molecule has 1 aromatic carbocycles. The Morgan fingerprint density at radius 1 is 1.42 bits per heavy atom. The lowest BCUT2D eigenvalue weighted by Crippen LogP contribution is -2.30. The van der Waals surface area contributed by atoms with Gasteiger partial charge in [0.1, 0.15) is 5.75 Å². The van der Waals surface area contributed by atoms with Crippen LogP contribution in [0, 0.1) is 0 Å². The van der Waals surface area contributed by atoms with Gasteiger partial charge in [0.15, 0.2) is 5.69 Å². The fourth-order valence-electron chi connectivity index (χ4n) is 1.39. The molecule has 0 spiro atoms. The van der Waals surface area contributed by atoms with E-state index in [2.05, 4.69) is 10.3 Å². The number of nitrogens with two attached hydrogens (primary N) is 1. The van der Waals surface area contributed by atoms with Gasteiger partial charge in [-0.15, -0.1) is 16.9 Å². The van der Waals surface area contributed by atoms with E-state index in [4.69, 9.17) is 10.9 Å². The predicted octanol–water partition coefficient (Wildman–Crippen LogP) is 0.379. The summed E-state index contributed by atoms with van der Waals surface area (Å²) in [5.41, 5.74) is 2.19. The van der Waals surface area contributed by atoms with Crippen molar-refractivity contribution in [2.24, 2.45) is 5.84 Å². The maximum atomic E-state index is 11.2. The normalized spacial score (nSPS) is 10.4. The molecule has 2 aromatic rings. The molecule has 0 saturated heterocycles. The Balaban J connectivity index is 1.84. The topological polar surface area (TPSA) is 106 Å². The summed E-state index contributed by atoms with van der Waals surface area (Å²) in [4.78, 5) is 12.2. The van der Waals surface area contributed by atoms with E-state index in [0.29, 0.717) is 6.54 Å². The molecule has 1 heterocycles. The SMILES string of the molecule is NNC(=O)c1cn(CCSc2ccc(O)cc2)nn1. The molecule has 100 valence electrons. The first kappa shape index (κ1) is 13.4. The Labute approximate surface area is 113 Å². The second-order valence-electron chi connectivity index (χ2n) is 3.68. The average molecular weight is 279 g/mol. The van der Waals surface area contributed by atoms with E-state index >= 15 is 0 Å². The number of nitrogens with one attached hydrogen (secondary N) is 1. The zero-order valence-electron chi connectivity index (χ0n) is 9.98. The Bertz CT molecular complexity index is 554. The number of carbonyl (C=O) groups is 1. The van der Waals surface area contributed by atoms with E-state index < -0.39 is 5.91 Å². The molecule has 0 radical (unpaired) electrons. The Morgan fingerprint density at radius 2 is 2.16 bits per heavy atom. The first-order valence-electron chi connectivity index (χ1n) is 5.52. The number of hydrazine groups is 1. The second kappa shape index (κ2) is 6.21. The summed E-state index contributed by atoms with van der Waals surface area (Å²) in [7, 11) is 0. The average Bonchev–Trinajstić information content (AvgIpc) is 2.89. The molecular formula is C11H13N5O2S. The van der Waals surface area contributed by atoms with Gasteiger partial charge in [-0.3, -0.25) is 14.9 Å². The van der Waals surface area contributed by atoms with Gasteiger partial charge < -0.3 is 5.11 Å². The summed E-state index contributed by atoms with van der Waals surface area (Å²) >= 11 is 1.62. The Hall–Kier alpha value is -2.06. The lowest BCUT2D eigenvalue weighted by Gasteiger charge is -2.01. The van der Waals surface area contributed by atoms with Crippen LogP contribution in [0.5, 0.6) is 5.75 Å². The molecule has 19 heavy (non-hydrogen) atoms. The molecule has 0 atom stereocenters. The van der Waals surface area contributed by atoms with Gasteiger partial charge in [0.05, 0.1) is 12.7 Å². The first-order valence-corrected chi connectivity index (χ1v) is 6.50. The van der Waals surface area contributed by atoms with Crippen LogP contribution in [0.4, 0.5) is 0 Å². The molecule has 4 N–H and O–H groups in total. The molecule has 1 aromatic heterocycles. The number of carbonyl (C=O) groups excluding carboxylic acids is 1. The van der Waals surface area contributed by atoms with E-state index in [9.17, 15) is 4.79 Å². The molecular weight excluding hydrogens is 266 g/mol. The van der Waals surface area contributed by atoms with Gasteiger partial charge in [-0.25, -0.2) is 5.84 Å². The third-order valence-electron chi connectivity index (χ3n) is 2.33. The van der Waals surface area contributed by atoms with Crippen LogP contribution in [0.1, 0.15) is 10.5 Å². The number of aromatic nitrogens is 3. The van der Waals surface area contributed by atoms with E-state index in [0.717, 1.165) is 10.6 Å². The third-order valence-corrected chi connectivity index (χ3v) is 3.32. The van der Waals surface area contributed by atoms with Crippen molar-refractivity contribution in [1.29, 1.82) is 0 Å². The van der Waals surface area contributed by atoms with Gasteiger partial charge >= 0.3 is 0 Å². The minimum absolute atomic E-state index is 0.192. The zero-order chi connectivity index (χ0) is 13.7. The van der Waals surface area contributed by atoms with Gasteiger partial charge in [0, 0.05) is 10.6 Å². The summed E-state index contributed by atoms with van der Waals surface area (Å²) < 4.78 is 1.58. The number of nitrogens with zero attached hydrogens (tertiary/aromatic N) is 3. The van der Waals surface area contributed by atoms with Gasteiger partial charge in [0.2, 0.25) is 0 Å². The highest BCUT2D eigenvalue weighted by Gasteiger charge is 2.08. The molecule has 8 heteroatoms. The molecule has 0 unspecified atom stereocenters. The van der Waals surface area contributed by atoms with Crippen LogP contribution in [0.3, 0.4) is 0 Å². The summed E-state index contributed by atoms with van der Waals surface area (Å²) in [6.07, 6.45) is 1.54. The van der Waals surface area contributed by atoms with Gasteiger partial charge in [-0.2, -0.15) is 0 Å². The predicted molar refractivity (Wildman–Crippen MR) is 70.5 cm³/mol. The van der Waals surface area contributed by atoms with Gasteiger partial charge in [0.25, 0.3) is 5.91 Å². The van der Waals surface area contributed by atoms with Crippen LogP contribution in [-0.4, -0.2) is 31.8 Å². The van der Waals surface area contributed by atoms with Crippen molar-refractivity contribution in [3.05, 3.63) is 36.2 Å². The number of aryl methyl sites for hydroxylation is 1. The number of phenolic OH excluding ortho intramolecular Hbond substituents is 1. The number of aromatic hydroxyl groups is 1. The number of nitrogen functional groups attached to an aromatic ring is 1. The lowest BCUT2D eigenvalue weighted by atomic mass is 10.3. The molecule has 0 bridgehead atoms. The van der Waals surface area contributed by atoms with E-state index in [1.807, 2.05) is 17.6 Å². The largest absolute Gasteiger partial charge is 0.508 e. The molecule has 2 rings (SSSR count). The fourth-order valence-corrected chi connectivity index (χ4v) is 2.23. The van der Waals surface area contributed by atoms with Gasteiger partial charge in [-0.1, -0.05) is 5.21 Å². The minimum Gasteiger partial charge on any atom is -0.508 e. The lowest BCUT2D eigenvalue weighted by molar-refractivity contribution is 0.0948. The van der Waals surface area contributed by atoms with Crippen LogP contribution in [0.25, 0.3) is 0 Å². The number of rotatable bonds is 5. The van der Waals surface area contributed by atoms with E-state index in [1.54, 1.807) is 34.8 Å². The van der Waals surface area contributed by atoms with Crippen molar-refractivity contribution in [1.82, 2.24) is 20.4 Å². The number of thioether (sulfide) groups is 1. The van der Waals surface area contributed by atoms with Crippen molar-refractivity contribution in [2.45, 2.75) is 11.4 Å². The molecule has 7 nitrogen and oxygen atoms in total. The van der Waals surface area contributed by atoms with Crippen LogP contribution >= 0.6 is 11.8 Å². The molecule has 1 amide bonds. The standard InChI is InChI=1S/C11H13N5O2S/c12-13-11(18)10-7-16(15-14-10)5-6-19-9-3-1-8(17)2-4-9/h1-4,7,17H,5-6,12H2,(H,13,18). The van der Waals surface area contributed by atoms with Crippen LogP contribution in [0.2, 0.25) is 0 Å². The molecule has 0 fully saturated rings. The second-order valence-corrected chi connectivity index (χ2v) is 4.85. The van der Waals surface area contributed by atoms with Crippen LogP contribution in [0.15, 0.2) is 35.4 Å². The fraction of sp³-hybridized carbons (Fsp3) is 0.182. The maximum absolute atomic E-state index is 11.2. The van der Waals surface area contributed by atoms with Crippen molar-refractivity contribution < 1.29 is 9.90 Å². The van der Waals surface area contributed by atoms with Crippen LogP contribution in [-0.2, 0) is 6.54 Å². The monoisotopic (exact) mass is 279 g/mol. The number of hydrogen-bond donors (Lipinski definition) is 3. The number of benzene rings is 1. The maximum Gasteiger partial charge on any atom is 0.287 e. The number of amides is 1. The third kappa shape index (κ3) is 3.70. The minimum atomic E-state index is -0.461. The smallest absolute Gasteiger partial charge is 0.287 e. The molecule has 0 aliphatic heterocycles. The van der Waals surface area contributed by atoms with Crippen LogP contribution < -0.4 is 11.3 Å². The molecule has 0 saturated carbocycles. The highest BCUT2D eigenvalue weighted by molar-refractivity contribution is 7.99.